The lowest BCUT2D eigenvalue weighted by molar-refractivity contribution is -0.385. The van der Waals surface area contributed by atoms with Gasteiger partial charge in [0.15, 0.2) is 11.5 Å². The van der Waals surface area contributed by atoms with Gasteiger partial charge in [0.2, 0.25) is 0 Å². The smallest absolute Gasteiger partial charge is 0.420 e. The van der Waals surface area contributed by atoms with E-state index in [0.717, 1.165) is 29.3 Å². The van der Waals surface area contributed by atoms with Gasteiger partial charge in [-0.05, 0) is 54.1 Å². The molecule has 1 aliphatic rings. The SMILES string of the molecule is COc1cc(/C=C2/C(=O)NN(c3ccc(F)cc3)C2=O)ccc1Oc1ccc([N+](=O)[O-])cc1C(F)(F)F. The first kappa shape index (κ1) is 25.2. The quantitative estimate of drug-likeness (QED) is 0.162. The van der Waals surface area contributed by atoms with E-state index >= 15 is 0 Å². The van der Waals surface area contributed by atoms with Gasteiger partial charge in [0, 0.05) is 12.1 Å². The molecule has 0 aromatic heterocycles. The third-order valence-corrected chi connectivity index (χ3v) is 5.17. The van der Waals surface area contributed by atoms with E-state index in [4.69, 9.17) is 9.47 Å². The van der Waals surface area contributed by atoms with Crippen LogP contribution in [0.2, 0.25) is 0 Å². The number of amides is 2. The zero-order chi connectivity index (χ0) is 26.9. The monoisotopic (exact) mass is 517 g/mol. The van der Waals surface area contributed by atoms with E-state index in [9.17, 15) is 37.3 Å². The number of rotatable bonds is 6. The van der Waals surface area contributed by atoms with E-state index in [1.807, 2.05) is 0 Å². The van der Waals surface area contributed by atoms with Crippen LogP contribution >= 0.6 is 0 Å². The number of hydrogen-bond acceptors (Lipinski definition) is 6. The van der Waals surface area contributed by atoms with Gasteiger partial charge in [-0.2, -0.15) is 13.2 Å². The minimum atomic E-state index is -4.94. The Hall–Kier alpha value is -4.94. The largest absolute Gasteiger partial charge is 0.493 e. The topological polar surface area (TPSA) is 111 Å². The van der Waals surface area contributed by atoms with Crippen LogP contribution < -0.4 is 19.9 Å². The highest BCUT2D eigenvalue weighted by molar-refractivity contribution is 6.31. The van der Waals surface area contributed by atoms with E-state index in [0.29, 0.717) is 6.07 Å². The lowest BCUT2D eigenvalue weighted by atomic mass is 10.1. The molecule has 13 heteroatoms. The zero-order valence-corrected chi connectivity index (χ0v) is 18.7. The number of halogens is 4. The van der Waals surface area contributed by atoms with Crippen LogP contribution in [0.4, 0.5) is 28.9 Å². The Bertz CT molecular complexity index is 1440. The number of benzene rings is 3. The Kier molecular flexibility index (Phi) is 6.53. The van der Waals surface area contributed by atoms with Crippen LogP contribution in [0.1, 0.15) is 11.1 Å². The standard InChI is InChI=1S/C24H15F4N3O6/c1-36-21-11-13(10-17-22(32)29-30(23(17)33)15-5-3-14(25)4-6-15)2-8-20(21)37-19-9-7-16(31(34)35)12-18(19)24(26,27)28/h2-12H,1H3,(H,29,32)/b17-10-. The number of alkyl halides is 3. The van der Waals surface area contributed by atoms with Gasteiger partial charge in [-0.15, -0.1) is 0 Å². The molecule has 0 aliphatic carbocycles. The fourth-order valence-corrected chi connectivity index (χ4v) is 3.41. The average Bonchev–Trinajstić information content (AvgIpc) is 3.13. The number of carbonyl (C=O) groups is 2. The molecule has 1 heterocycles. The number of carbonyl (C=O) groups excluding carboxylic acids is 2. The molecule has 0 radical (unpaired) electrons. The molecule has 2 amide bonds. The molecule has 37 heavy (non-hydrogen) atoms. The van der Waals surface area contributed by atoms with Crippen molar-refractivity contribution in [3.63, 3.8) is 0 Å². The van der Waals surface area contributed by atoms with Crippen molar-refractivity contribution in [2.75, 3.05) is 12.1 Å². The van der Waals surface area contributed by atoms with Crippen LogP contribution in [0.25, 0.3) is 6.08 Å². The summed E-state index contributed by atoms with van der Waals surface area (Å²) in [7, 11) is 1.23. The van der Waals surface area contributed by atoms with E-state index in [1.165, 1.54) is 43.5 Å². The number of nitro benzene ring substituents is 1. The van der Waals surface area contributed by atoms with Crippen LogP contribution in [-0.4, -0.2) is 23.8 Å². The molecular formula is C24H15F4N3O6. The molecule has 1 aliphatic heterocycles. The highest BCUT2D eigenvalue weighted by Crippen LogP contribution is 2.42. The number of nitrogens with one attached hydrogen (secondary N) is 1. The maximum atomic E-state index is 13.5. The van der Waals surface area contributed by atoms with Gasteiger partial charge in [-0.3, -0.25) is 25.1 Å². The number of nitro groups is 1. The van der Waals surface area contributed by atoms with Crippen LogP contribution in [0.15, 0.2) is 66.2 Å². The van der Waals surface area contributed by atoms with Crippen molar-refractivity contribution in [3.8, 4) is 17.2 Å². The Morgan fingerprint density at radius 3 is 2.27 bits per heavy atom. The molecule has 3 aromatic rings. The van der Waals surface area contributed by atoms with Crippen molar-refractivity contribution in [2.45, 2.75) is 6.18 Å². The molecule has 3 aromatic carbocycles. The molecular weight excluding hydrogens is 502 g/mol. The van der Waals surface area contributed by atoms with E-state index in [-0.39, 0.29) is 28.3 Å². The van der Waals surface area contributed by atoms with E-state index in [2.05, 4.69) is 5.43 Å². The highest BCUT2D eigenvalue weighted by Gasteiger charge is 2.37. The van der Waals surface area contributed by atoms with Gasteiger partial charge in [-0.25, -0.2) is 9.40 Å². The number of nitrogens with zero attached hydrogens (tertiary/aromatic N) is 2. The maximum Gasteiger partial charge on any atom is 0.420 e. The van der Waals surface area contributed by atoms with Crippen molar-refractivity contribution in [1.29, 1.82) is 0 Å². The number of hydrogen-bond donors (Lipinski definition) is 1. The fraction of sp³-hybridized carbons (Fsp3) is 0.0833. The van der Waals surface area contributed by atoms with Crippen LogP contribution in [0.5, 0.6) is 17.2 Å². The third kappa shape index (κ3) is 5.19. The predicted molar refractivity (Wildman–Crippen MR) is 121 cm³/mol. The molecule has 190 valence electrons. The van der Waals surface area contributed by atoms with Gasteiger partial charge in [0.25, 0.3) is 17.5 Å². The zero-order valence-electron chi connectivity index (χ0n) is 18.7. The van der Waals surface area contributed by atoms with Gasteiger partial charge in [0.05, 0.1) is 17.7 Å². The normalized spacial score (nSPS) is 14.6. The summed E-state index contributed by atoms with van der Waals surface area (Å²) in [6.45, 7) is 0. The molecule has 0 saturated carbocycles. The molecule has 1 N–H and O–H groups in total. The van der Waals surface area contributed by atoms with Crippen molar-refractivity contribution in [1.82, 2.24) is 5.43 Å². The highest BCUT2D eigenvalue weighted by atomic mass is 19.4. The molecule has 9 nitrogen and oxygen atoms in total. The summed E-state index contributed by atoms with van der Waals surface area (Å²) in [5.74, 6) is -2.85. The molecule has 0 bridgehead atoms. The second-order valence-electron chi connectivity index (χ2n) is 7.56. The lowest BCUT2D eigenvalue weighted by Crippen LogP contribution is -2.35. The number of ether oxygens (including phenoxy) is 2. The minimum absolute atomic E-state index is 0.0397. The Morgan fingerprint density at radius 1 is 0.973 bits per heavy atom. The first-order chi connectivity index (χ1) is 17.5. The van der Waals surface area contributed by atoms with E-state index < -0.39 is 45.7 Å². The number of hydrazine groups is 1. The summed E-state index contributed by atoms with van der Waals surface area (Å²) in [5, 5.41) is 11.8. The summed E-state index contributed by atoms with van der Waals surface area (Å²) in [4.78, 5) is 35.1. The molecule has 0 atom stereocenters. The molecule has 4 rings (SSSR count). The van der Waals surface area contributed by atoms with Gasteiger partial charge in [0.1, 0.15) is 22.7 Å². The van der Waals surface area contributed by atoms with Gasteiger partial charge >= 0.3 is 6.18 Å². The van der Waals surface area contributed by atoms with Crippen LogP contribution in [0, 0.1) is 15.9 Å². The average molecular weight is 517 g/mol. The second-order valence-corrected chi connectivity index (χ2v) is 7.56. The van der Waals surface area contributed by atoms with Crippen molar-refractivity contribution >= 4 is 29.3 Å². The van der Waals surface area contributed by atoms with Crippen molar-refractivity contribution in [3.05, 3.63) is 93.3 Å². The maximum absolute atomic E-state index is 13.5. The van der Waals surface area contributed by atoms with Crippen molar-refractivity contribution in [2.24, 2.45) is 0 Å². The van der Waals surface area contributed by atoms with Crippen molar-refractivity contribution < 1.29 is 41.5 Å². The minimum Gasteiger partial charge on any atom is -0.493 e. The first-order valence-electron chi connectivity index (χ1n) is 10.3. The predicted octanol–water partition coefficient (Wildman–Crippen LogP) is 5.02. The number of anilines is 1. The summed E-state index contributed by atoms with van der Waals surface area (Å²) < 4.78 is 64.2. The number of non-ortho nitro benzene ring substituents is 1. The molecule has 0 unspecified atom stereocenters. The van der Waals surface area contributed by atoms with Gasteiger partial charge < -0.3 is 9.47 Å². The second kappa shape index (κ2) is 9.60. The Labute approximate surface area is 205 Å². The Balaban J connectivity index is 1.63. The molecule has 1 saturated heterocycles. The Morgan fingerprint density at radius 2 is 1.65 bits per heavy atom. The van der Waals surface area contributed by atoms with E-state index in [1.54, 1.807) is 0 Å². The fourth-order valence-electron chi connectivity index (χ4n) is 3.41. The summed E-state index contributed by atoms with van der Waals surface area (Å²) >= 11 is 0. The summed E-state index contributed by atoms with van der Waals surface area (Å²) in [5.41, 5.74) is 0.496. The lowest BCUT2D eigenvalue weighted by Gasteiger charge is -2.15. The van der Waals surface area contributed by atoms with Crippen LogP contribution in [0.3, 0.4) is 0 Å². The van der Waals surface area contributed by atoms with Gasteiger partial charge in [-0.1, -0.05) is 6.07 Å². The summed E-state index contributed by atoms with van der Waals surface area (Å²) in [6, 6.07) is 10.8. The third-order valence-electron chi connectivity index (χ3n) is 5.17. The first-order valence-corrected chi connectivity index (χ1v) is 10.3. The molecule has 0 spiro atoms. The molecule has 1 fully saturated rings. The van der Waals surface area contributed by atoms with Crippen LogP contribution in [-0.2, 0) is 15.8 Å². The number of methoxy groups -OCH3 is 1. The summed E-state index contributed by atoms with van der Waals surface area (Å²) in [6.07, 6.45) is -3.70.